The van der Waals surface area contributed by atoms with Crippen LogP contribution in [0.3, 0.4) is 0 Å². The van der Waals surface area contributed by atoms with Crippen molar-refractivity contribution < 1.29 is 23.8 Å². The van der Waals surface area contributed by atoms with Gasteiger partial charge in [-0.2, -0.15) is 0 Å². The molecule has 0 radical (unpaired) electrons. The van der Waals surface area contributed by atoms with E-state index in [4.69, 9.17) is 14.2 Å². The highest BCUT2D eigenvalue weighted by atomic mass is 16.6. The second kappa shape index (κ2) is 7.59. The van der Waals surface area contributed by atoms with E-state index in [1.165, 1.54) is 0 Å². The second-order valence-electron chi connectivity index (χ2n) is 5.20. The molecule has 2 saturated heterocycles. The highest BCUT2D eigenvalue weighted by molar-refractivity contribution is 5.85. The van der Waals surface area contributed by atoms with Gasteiger partial charge >= 0.3 is 5.97 Å². The number of likely N-dealkylation sites (tertiary alicyclic amines) is 1. The van der Waals surface area contributed by atoms with Crippen LogP contribution in [0.4, 0.5) is 0 Å². The van der Waals surface area contributed by atoms with Gasteiger partial charge in [0.15, 0.2) is 0 Å². The first-order valence-electron chi connectivity index (χ1n) is 7.34. The minimum atomic E-state index is -0.328. The molecule has 2 rings (SSSR count). The maximum absolute atomic E-state index is 12.2. The summed E-state index contributed by atoms with van der Waals surface area (Å²) in [6.45, 7) is 4.75. The van der Waals surface area contributed by atoms with Crippen LogP contribution in [-0.2, 0) is 23.8 Å². The molecule has 2 aliphatic rings. The second-order valence-corrected chi connectivity index (χ2v) is 5.20. The third kappa shape index (κ3) is 4.18. The molecule has 114 valence electrons. The molecule has 20 heavy (non-hydrogen) atoms. The first kappa shape index (κ1) is 15.3. The molecule has 0 N–H and O–H groups in total. The van der Waals surface area contributed by atoms with Crippen LogP contribution in [0, 0.1) is 5.92 Å². The predicted molar refractivity (Wildman–Crippen MR) is 71.1 cm³/mol. The summed E-state index contributed by atoms with van der Waals surface area (Å²) in [5.74, 6) is -0.254. The van der Waals surface area contributed by atoms with Crippen molar-refractivity contribution in [2.45, 2.75) is 32.3 Å². The molecule has 2 fully saturated rings. The Balaban J connectivity index is 1.71. The predicted octanol–water partition coefficient (Wildman–Crippen LogP) is 0.594. The van der Waals surface area contributed by atoms with Crippen molar-refractivity contribution in [3.63, 3.8) is 0 Å². The van der Waals surface area contributed by atoms with Gasteiger partial charge in [0.2, 0.25) is 5.91 Å². The van der Waals surface area contributed by atoms with Crippen molar-refractivity contribution in [3.8, 4) is 0 Å². The standard InChI is InChI=1S/C14H23NO5/c1-2-19-13(16)9-15-6-5-11(14(15)17)3-4-12-10-18-7-8-20-12/h11-12H,2-10H2,1H3. The largest absolute Gasteiger partial charge is 0.465 e. The van der Waals surface area contributed by atoms with Gasteiger partial charge < -0.3 is 19.1 Å². The lowest BCUT2D eigenvalue weighted by Crippen LogP contribution is -2.34. The summed E-state index contributed by atoms with van der Waals surface area (Å²) in [7, 11) is 0. The topological polar surface area (TPSA) is 65.1 Å². The average molecular weight is 285 g/mol. The van der Waals surface area contributed by atoms with Crippen LogP contribution in [0.5, 0.6) is 0 Å². The summed E-state index contributed by atoms with van der Waals surface area (Å²) >= 11 is 0. The van der Waals surface area contributed by atoms with Gasteiger partial charge in [0, 0.05) is 12.5 Å². The van der Waals surface area contributed by atoms with Gasteiger partial charge in [-0.25, -0.2) is 0 Å². The molecule has 0 aromatic rings. The molecule has 6 nitrogen and oxygen atoms in total. The van der Waals surface area contributed by atoms with Crippen molar-refractivity contribution in [1.29, 1.82) is 0 Å². The summed E-state index contributed by atoms with van der Waals surface area (Å²) in [5, 5.41) is 0. The van der Waals surface area contributed by atoms with Crippen LogP contribution in [0.1, 0.15) is 26.2 Å². The van der Waals surface area contributed by atoms with E-state index in [-0.39, 0.29) is 30.4 Å². The summed E-state index contributed by atoms with van der Waals surface area (Å²) in [5.41, 5.74) is 0. The lowest BCUT2D eigenvalue weighted by atomic mass is 9.99. The Hall–Kier alpha value is -1.14. The Morgan fingerprint density at radius 3 is 2.95 bits per heavy atom. The summed E-state index contributed by atoms with van der Waals surface area (Å²) in [6.07, 6.45) is 2.55. The number of rotatable bonds is 6. The number of hydrogen-bond donors (Lipinski definition) is 0. The van der Waals surface area contributed by atoms with E-state index < -0.39 is 0 Å². The zero-order valence-corrected chi connectivity index (χ0v) is 12.0. The monoisotopic (exact) mass is 285 g/mol. The molecule has 0 aromatic carbocycles. The fourth-order valence-electron chi connectivity index (χ4n) is 2.68. The minimum absolute atomic E-state index is 0.00922. The smallest absolute Gasteiger partial charge is 0.325 e. The molecule has 0 saturated carbocycles. The maximum atomic E-state index is 12.2. The summed E-state index contributed by atoms with van der Waals surface area (Å²) in [6, 6.07) is 0. The zero-order valence-electron chi connectivity index (χ0n) is 12.0. The normalized spacial score (nSPS) is 26.9. The Morgan fingerprint density at radius 2 is 2.25 bits per heavy atom. The molecule has 2 unspecified atom stereocenters. The molecule has 2 aliphatic heterocycles. The molecule has 0 aromatic heterocycles. The average Bonchev–Trinajstić information content (AvgIpc) is 2.79. The van der Waals surface area contributed by atoms with Crippen LogP contribution in [-0.4, -0.2) is 62.4 Å². The third-order valence-electron chi connectivity index (χ3n) is 3.76. The van der Waals surface area contributed by atoms with Gasteiger partial charge in [-0.3, -0.25) is 9.59 Å². The van der Waals surface area contributed by atoms with Crippen LogP contribution < -0.4 is 0 Å². The fourth-order valence-corrected chi connectivity index (χ4v) is 2.68. The number of ether oxygens (including phenoxy) is 3. The molecule has 2 atom stereocenters. The minimum Gasteiger partial charge on any atom is -0.465 e. The van der Waals surface area contributed by atoms with E-state index >= 15 is 0 Å². The molecule has 1 amide bonds. The van der Waals surface area contributed by atoms with E-state index in [1.807, 2.05) is 0 Å². The van der Waals surface area contributed by atoms with E-state index in [0.29, 0.717) is 33.0 Å². The Kier molecular flexibility index (Phi) is 5.79. The van der Waals surface area contributed by atoms with E-state index in [9.17, 15) is 9.59 Å². The molecule has 0 bridgehead atoms. The van der Waals surface area contributed by atoms with Crippen LogP contribution >= 0.6 is 0 Å². The highest BCUT2D eigenvalue weighted by Gasteiger charge is 2.33. The van der Waals surface area contributed by atoms with Crippen molar-refractivity contribution in [1.82, 2.24) is 4.90 Å². The van der Waals surface area contributed by atoms with Gasteiger partial charge in [0.25, 0.3) is 0 Å². The third-order valence-corrected chi connectivity index (χ3v) is 3.76. The van der Waals surface area contributed by atoms with Crippen LogP contribution in [0.15, 0.2) is 0 Å². The van der Waals surface area contributed by atoms with Crippen molar-refractivity contribution in [2.75, 3.05) is 39.5 Å². The van der Waals surface area contributed by atoms with Crippen LogP contribution in [0.25, 0.3) is 0 Å². The van der Waals surface area contributed by atoms with Gasteiger partial charge in [0.05, 0.1) is 32.5 Å². The van der Waals surface area contributed by atoms with E-state index in [1.54, 1.807) is 11.8 Å². The number of carbonyl (C=O) groups excluding carboxylic acids is 2. The fraction of sp³-hybridized carbons (Fsp3) is 0.857. The first-order chi connectivity index (χ1) is 9.70. The number of esters is 1. The number of nitrogens with zero attached hydrogens (tertiary/aromatic N) is 1. The Morgan fingerprint density at radius 1 is 1.40 bits per heavy atom. The molecule has 0 spiro atoms. The molecule has 6 heteroatoms. The summed E-state index contributed by atoms with van der Waals surface area (Å²) < 4.78 is 15.8. The maximum Gasteiger partial charge on any atom is 0.325 e. The number of amides is 1. The van der Waals surface area contributed by atoms with Gasteiger partial charge in [0.1, 0.15) is 6.54 Å². The van der Waals surface area contributed by atoms with Crippen molar-refractivity contribution >= 4 is 11.9 Å². The van der Waals surface area contributed by atoms with E-state index in [2.05, 4.69) is 0 Å². The number of carbonyl (C=O) groups is 2. The summed E-state index contributed by atoms with van der Waals surface area (Å²) in [4.78, 5) is 25.2. The van der Waals surface area contributed by atoms with Crippen LogP contribution in [0.2, 0.25) is 0 Å². The lowest BCUT2D eigenvalue weighted by molar-refractivity contribution is -0.148. The van der Waals surface area contributed by atoms with Gasteiger partial charge in [-0.15, -0.1) is 0 Å². The molecule has 2 heterocycles. The zero-order chi connectivity index (χ0) is 14.4. The van der Waals surface area contributed by atoms with Gasteiger partial charge in [-0.05, 0) is 26.2 Å². The quantitative estimate of drug-likeness (QED) is 0.668. The highest BCUT2D eigenvalue weighted by Crippen LogP contribution is 2.24. The SMILES string of the molecule is CCOC(=O)CN1CCC(CCC2COCCO2)C1=O. The lowest BCUT2D eigenvalue weighted by Gasteiger charge is -2.23. The van der Waals surface area contributed by atoms with Crippen molar-refractivity contribution in [2.24, 2.45) is 5.92 Å². The van der Waals surface area contributed by atoms with E-state index in [0.717, 1.165) is 19.3 Å². The molecular formula is C14H23NO5. The number of hydrogen-bond acceptors (Lipinski definition) is 5. The Labute approximate surface area is 119 Å². The molecule has 0 aliphatic carbocycles. The Bertz CT molecular complexity index is 340. The van der Waals surface area contributed by atoms with Gasteiger partial charge in [-0.1, -0.05) is 0 Å². The van der Waals surface area contributed by atoms with Crippen molar-refractivity contribution in [3.05, 3.63) is 0 Å². The first-order valence-corrected chi connectivity index (χ1v) is 7.34. The molecular weight excluding hydrogens is 262 g/mol.